The normalized spacial score (nSPS) is 19.5. The average Bonchev–Trinajstić information content (AvgIpc) is 2.84. The van der Waals surface area contributed by atoms with Crippen molar-refractivity contribution < 1.29 is 4.79 Å². The Morgan fingerprint density at radius 2 is 2.20 bits per heavy atom. The number of likely N-dealkylation sites (tertiary alicyclic amines) is 1. The largest absolute Gasteiger partial charge is 0.335 e. The molecule has 1 amide bonds. The maximum atomic E-state index is 12.8. The number of amides is 1. The van der Waals surface area contributed by atoms with Crippen LogP contribution in [-0.2, 0) is 0 Å². The number of benzene rings is 1. The molecule has 1 aromatic heterocycles. The van der Waals surface area contributed by atoms with E-state index in [-0.39, 0.29) is 5.91 Å². The Bertz CT molecular complexity index is 636. The van der Waals surface area contributed by atoms with Crippen LogP contribution in [0.3, 0.4) is 0 Å². The molecule has 1 aromatic carbocycles. The van der Waals surface area contributed by atoms with Gasteiger partial charge in [-0.1, -0.05) is 36.7 Å². The molecule has 0 N–H and O–H groups in total. The Labute approximate surface area is 128 Å². The van der Waals surface area contributed by atoms with Gasteiger partial charge in [-0.3, -0.25) is 4.79 Å². The average molecular weight is 308 g/mol. The van der Waals surface area contributed by atoms with Gasteiger partial charge >= 0.3 is 0 Å². The lowest BCUT2D eigenvalue weighted by atomic mass is 10.00. The second-order valence-electron chi connectivity index (χ2n) is 5.30. The Balaban J connectivity index is 1.97. The Morgan fingerprint density at radius 1 is 1.40 bits per heavy atom. The summed E-state index contributed by atoms with van der Waals surface area (Å²) in [5, 5.41) is 1.61. The summed E-state index contributed by atoms with van der Waals surface area (Å²) < 4.78 is 1.09. The van der Waals surface area contributed by atoms with Crippen LogP contribution in [0.25, 0.3) is 10.1 Å². The highest BCUT2D eigenvalue weighted by Gasteiger charge is 2.29. The predicted octanol–water partition coefficient (Wildman–Crippen LogP) is 4.96. The van der Waals surface area contributed by atoms with Crippen LogP contribution in [0.5, 0.6) is 0 Å². The number of rotatable bonds is 2. The summed E-state index contributed by atoms with van der Waals surface area (Å²) >= 11 is 7.94. The van der Waals surface area contributed by atoms with E-state index < -0.39 is 0 Å². The predicted molar refractivity (Wildman–Crippen MR) is 85.8 cm³/mol. The Morgan fingerprint density at radius 3 is 2.95 bits per heavy atom. The summed E-state index contributed by atoms with van der Waals surface area (Å²) in [7, 11) is 0. The molecule has 0 unspecified atom stereocenters. The van der Waals surface area contributed by atoms with Crippen LogP contribution >= 0.6 is 22.9 Å². The molecule has 2 aromatic rings. The summed E-state index contributed by atoms with van der Waals surface area (Å²) in [6.07, 6.45) is 4.46. The van der Waals surface area contributed by atoms with Gasteiger partial charge in [0.25, 0.3) is 5.91 Å². The van der Waals surface area contributed by atoms with E-state index >= 15 is 0 Å². The quantitative estimate of drug-likeness (QED) is 0.768. The van der Waals surface area contributed by atoms with Crippen LogP contribution in [0, 0.1) is 0 Å². The van der Waals surface area contributed by atoms with Crippen molar-refractivity contribution >= 4 is 38.9 Å². The molecule has 20 heavy (non-hydrogen) atoms. The Hall–Kier alpha value is -1.06. The van der Waals surface area contributed by atoms with Crippen molar-refractivity contribution in [3.05, 3.63) is 34.2 Å². The third-order valence-corrected chi connectivity index (χ3v) is 5.75. The minimum Gasteiger partial charge on any atom is -0.335 e. The van der Waals surface area contributed by atoms with E-state index in [0.29, 0.717) is 15.9 Å². The van der Waals surface area contributed by atoms with Crippen molar-refractivity contribution in [1.82, 2.24) is 4.90 Å². The van der Waals surface area contributed by atoms with E-state index in [1.807, 2.05) is 29.2 Å². The van der Waals surface area contributed by atoms with E-state index in [9.17, 15) is 4.79 Å². The zero-order chi connectivity index (χ0) is 14.1. The third-order valence-electron chi connectivity index (χ3n) is 4.09. The van der Waals surface area contributed by atoms with E-state index in [4.69, 9.17) is 11.6 Å². The van der Waals surface area contributed by atoms with Gasteiger partial charge in [-0.05, 0) is 31.7 Å². The van der Waals surface area contributed by atoms with Gasteiger partial charge in [0.1, 0.15) is 4.88 Å². The molecule has 1 saturated heterocycles. The van der Waals surface area contributed by atoms with Crippen LogP contribution in [0.2, 0.25) is 5.02 Å². The summed E-state index contributed by atoms with van der Waals surface area (Å²) in [6.45, 7) is 3.02. The van der Waals surface area contributed by atoms with Crippen LogP contribution in [0.15, 0.2) is 24.3 Å². The summed E-state index contributed by atoms with van der Waals surface area (Å²) in [5.74, 6) is 0.114. The Kier molecular flexibility index (Phi) is 3.99. The topological polar surface area (TPSA) is 20.3 Å². The first-order valence-corrected chi connectivity index (χ1v) is 8.39. The molecule has 2 nitrogen and oxygen atoms in total. The van der Waals surface area contributed by atoms with Gasteiger partial charge in [0.05, 0.1) is 5.02 Å². The molecule has 2 heterocycles. The number of hydrogen-bond acceptors (Lipinski definition) is 2. The first kappa shape index (κ1) is 13.9. The molecule has 1 aliphatic heterocycles. The van der Waals surface area contributed by atoms with E-state index in [0.717, 1.165) is 35.9 Å². The van der Waals surface area contributed by atoms with Gasteiger partial charge in [0.15, 0.2) is 0 Å². The van der Waals surface area contributed by atoms with Crippen molar-refractivity contribution in [3.8, 4) is 0 Å². The lowest BCUT2D eigenvalue weighted by Crippen LogP contribution is -2.43. The monoisotopic (exact) mass is 307 g/mol. The molecule has 0 radical (unpaired) electrons. The van der Waals surface area contributed by atoms with Crippen molar-refractivity contribution in [2.24, 2.45) is 0 Å². The van der Waals surface area contributed by atoms with Crippen LogP contribution in [0.1, 0.15) is 42.3 Å². The third kappa shape index (κ3) is 2.33. The number of thiophene rings is 1. The van der Waals surface area contributed by atoms with Gasteiger partial charge in [-0.25, -0.2) is 0 Å². The fourth-order valence-electron chi connectivity index (χ4n) is 2.97. The molecule has 0 bridgehead atoms. The first-order valence-electron chi connectivity index (χ1n) is 7.20. The molecule has 106 valence electrons. The standard InChI is InChI=1S/C16H18ClNOS/c1-2-11-7-5-6-10-18(11)16(19)15-14(17)12-8-3-4-9-13(12)20-15/h3-4,8-9,11H,2,5-7,10H2,1H3/t11-/m0/s1. The highest BCUT2D eigenvalue weighted by molar-refractivity contribution is 7.21. The van der Waals surface area contributed by atoms with Crippen molar-refractivity contribution in [1.29, 1.82) is 0 Å². The second-order valence-corrected chi connectivity index (χ2v) is 6.73. The highest BCUT2D eigenvalue weighted by Crippen LogP contribution is 2.37. The molecule has 3 rings (SSSR count). The maximum absolute atomic E-state index is 12.8. The molecule has 0 aliphatic carbocycles. The minimum absolute atomic E-state index is 0.114. The summed E-state index contributed by atoms with van der Waals surface area (Å²) in [6, 6.07) is 8.33. The van der Waals surface area contributed by atoms with Crippen molar-refractivity contribution in [2.75, 3.05) is 6.54 Å². The fourth-order valence-corrected chi connectivity index (χ4v) is 4.44. The molecule has 1 fully saturated rings. The maximum Gasteiger partial charge on any atom is 0.265 e. The lowest BCUT2D eigenvalue weighted by molar-refractivity contribution is 0.0613. The number of hydrogen-bond donors (Lipinski definition) is 0. The van der Waals surface area contributed by atoms with Gasteiger partial charge in [-0.15, -0.1) is 11.3 Å². The molecule has 4 heteroatoms. The minimum atomic E-state index is 0.114. The molecule has 0 spiro atoms. The smallest absolute Gasteiger partial charge is 0.265 e. The highest BCUT2D eigenvalue weighted by atomic mass is 35.5. The van der Waals surface area contributed by atoms with Crippen molar-refractivity contribution in [3.63, 3.8) is 0 Å². The van der Waals surface area contributed by atoms with Crippen molar-refractivity contribution in [2.45, 2.75) is 38.6 Å². The molecule has 1 aliphatic rings. The van der Waals surface area contributed by atoms with E-state index in [1.54, 1.807) is 0 Å². The molecule has 0 saturated carbocycles. The number of carbonyl (C=O) groups is 1. The number of nitrogens with zero attached hydrogens (tertiary/aromatic N) is 1. The van der Waals surface area contributed by atoms with Gasteiger partial charge < -0.3 is 4.90 Å². The first-order chi connectivity index (χ1) is 9.72. The van der Waals surface area contributed by atoms with Gasteiger partial charge in [0, 0.05) is 22.7 Å². The summed E-state index contributed by atoms with van der Waals surface area (Å²) in [4.78, 5) is 15.5. The van der Waals surface area contributed by atoms with E-state index in [2.05, 4.69) is 6.92 Å². The fraction of sp³-hybridized carbons (Fsp3) is 0.438. The van der Waals surface area contributed by atoms with Crippen LogP contribution in [-0.4, -0.2) is 23.4 Å². The second kappa shape index (κ2) is 5.74. The number of piperidine rings is 1. The number of carbonyl (C=O) groups excluding carboxylic acids is 1. The number of fused-ring (bicyclic) bond motifs is 1. The van der Waals surface area contributed by atoms with E-state index in [1.165, 1.54) is 17.8 Å². The van der Waals surface area contributed by atoms with Crippen LogP contribution < -0.4 is 0 Å². The summed E-state index contributed by atoms with van der Waals surface area (Å²) in [5.41, 5.74) is 0. The molecular formula is C16H18ClNOS. The molecule has 1 atom stereocenters. The zero-order valence-electron chi connectivity index (χ0n) is 11.6. The van der Waals surface area contributed by atoms with Gasteiger partial charge in [0.2, 0.25) is 0 Å². The van der Waals surface area contributed by atoms with Crippen LogP contribution in [0.4, 0.5) is 0 Å². The van der Waals surface area contributed by atoms with Gasteiger partial charge in [-0.2, -0.15) is 0 Å². The number of halogens is 1. The zero-order valence-corrected chi connectivity index (χ0v) is 13.1. The SMILES string of the molecule is CC[C@H]1CCCCN1C(=O)c1sc2ccccc2c1Cl. The lowest BCUT2D eigenvalue weighted by Gasteiger charge is -2.35. The molecular weight excluding hydrogens is 290 g/mol.